The van der Waals surface area contributed by atoms with E-state index in [0.717, 1.165) is 18.8 Å². The van der Waals surface area contributed by atoms with Crippen LogP contribution in [0.15, 0.2) is 48.5 Å². The molecule has 0 aliphatic carbocycles. The van der Waals surface area contributed by atoms with Crippen molar-refractivity contribution < 1.29 is 9.50 Å². The van der Waals surface area contributed by atoms with Gasteiger partial charge in [0.15, 0.2) is 5.82 Å². The van der Waals surface area contributed by atoms with Crippen molar-refractivity contribution in [1.29, 1.82) is 0 Å². The van der Waals surface area contributed by atoms with Gasteiger partial charge in [0.2, 0.25) is 10.8 Å². The largest absolute Gasteiger partial charge is 0.492 e. The predicted octanol–water partition coefficient (Wildman–Crippen LogP) is 4.76. The van der Waals surface area contributed by atoms with Crippen LogP contribution in [0.2, 0.25) is 5.02 Å². The molecule has 1 saturated heterocycles. The number of anilines is 1. The molecule has 9 heteroatoms. The SMILES string of the molecule is CCc1nc2sc([C@H](c3ccccc3F)N3CCN(c4cccc(Cl)c4)CC3)c(O)n2n1. The van der Waals surface area contributed by atoms with Crippen molar-refractivity contribution in [2.24, 2.45) is 0 Å². The molecule has 2 aromatic carbocycles. The zero-order valence-electron chi connectivity index (χ0n) is 17.6. The fourth-order valence-corrected chi connectivity index (χ4v) is 5.54. The molecule has 6 nitrogen and oxygen atoms in total. The Hall–Kier alpha value is -2.68. The first-order valence-electron chi connectivity index (χ1n) is 10.6. The van der Waals surface area contributed by atoms with E-state index >= 15 is 0 Å². The topological polar surface area (TPSA) is 56.9 Å². The summed E-state index contributed by atoms with van der Waals surface area (Å²) in [6.07, 6.45) is 0.686. The van der Waals surface area contributed by atoms with Gasteiger partial charge in [-0.2, -0.15) is 4.52 Å². The third-order valence-corrected chi connectivity index (χ3v) is 7.17. The molecule has 3 heterocycles. The summed E-state index contributed by atoms with van der Waals surface area (Å²) in [6, 6.07) is 14.2. The molecule has 4 aromatic rings. The molecule has 5 rings (SSSR count). The lowest BCUT2D eigenvalue weighted by Crippen LogP contribution is -2.48. The number of aromatic hydroxyl groups is 1. The highest BCUT2D eigenvalue weighted by molar-refractivity contribution is 7.17. The van der Waals surface area contributed by atoms with E-state index < -0.39 is 6.04 Å². The van der Waals surface area contributed by atoms with Gasteiger partial charge in [-0.3, -0.25) is 4.90 Å². The summed E-state index contributed by atoms with van der Waals surface area (Å²) in [4.78, 5) is 10.3. The highest BCUT2D eigenvalue weighted by Crippen LogP contribution is 2.41. The molecule has 32 heavy (non-hydrogen) atoms. The minimum Gasteiger partial charge on any atom is -0.492 e. The monoisotopic (exact) mass is 471 g/mol. The molecule has 1 aliphatic heterocycles. The second-order valence-electron chi connectivity index (χ2n) is 7.79. The minimum atomic E-state index is -0.420. The van der Waals surface area contributed by atoms with Gasteiger partial charge in [0, 0.05) is 48.9 Å². The number of hydrogen-bond acceptors (Lipinski definition) is 6. The molecule has 0 amide bonds. The lowest BCUT2D eigenvalue weighted by atomic mass is 10.0. The number of piperazine rings is 1. The Bertz CT molecular complexity index is 1250. The third-order valence-electron chi connectivity index (χ3n) is 5.86. The zero-order valence-corrected chi connectivity index (χ0v) is 19.2. The number of benzene rings is 2. The Morgan fingerprint density at radius 3 is 2.59 bits per heavy atom. The van der Waals surface area contributed by atoms with Gasteiger partial charge in [-0.15, -0.1) is 5.10 Å². The van der Waals surface area contributed by atoms with Gasteiger partial charge in [-0.25, -0.2) is 9.37 Å². The van der Waals surface area contributed by atoms with E-state index in [1.165, 1.54) is 21.9 Å². The average molecular weight is 472 g/mol. The fraction of sp³-hybridized carbons (Fsp3) is 0.304. The minimum absolute atomic E-state index is 0.0303. The van der Waals surface area contributed by atoms with Crippen molar-refractivity contribution in [3.05, 3.63) is 75.6 Å². The maximum Gasteiger partial charge on any atom is 0.230 e. The van der Waals surface area contributed by atoms with Gasteiger partial charge < -0.3 is 10.0 Å². The molecule has 0 spiro atoms. The number of nitrogens with zero attached hydrogens (tertiary/aromatic N) is 5. The molecule has 0 unspecified atom stereocenters. The van der Waals surface area contributed by atoms with Crippen molar-refractivity contribution in [2.75, 3.05) is 31.1 Å². The summed E-state index contributed by atoms with van der Waals surface area (Å²) in [7, 11) is 0. The Kier molecular flexibility index (Phi) is 5.75. The summed E-state index contributed by atoms with van der Waals surface area (Å²) < 4.78 is 16.4. The van der Waals surface area contributed by atoms with E-state index in [9.17, 15) is 9.50 Å². The van der Waals surface area contributed by atoms with E-state index in [1.54, 1.807) is 12.1 Å². The van der Waals surface area contributed by atoms with Crippen LogP contribution in [0.1, 0.15) is 29.2 Å². The second-order valence-corrected chi connectivity index (χ2v) is 9.24. The van der Waals surface area contributed by atoms with Gasteiger partial charge in [-0.1, -0.05) is 54.1 Å². The van der Waals surface area contributed by atoms with E-state index in [4.69, 9.17) is 11.6 Å². The van der Waals surface area contributed by atoms with Crippen molar-refractivity contribution >= 4 is 33.6 Å². The summed E-state index contributed by atoms with van der Waals surface area (Å²) in [6.45, 7) is 4.93. The normalized spacial score (nSPS) is 16.0. The van der Waals surface area contributed by atoms with Crippen LogP contribution in [0.3, 0.4) is 0 Å². The first-order chi connectivity index (χ1) is 15.5. The van der Waals surface area contributed by atoms with Gasteiger partial charge in [0.1, 0.15) is 5.82 Å². The highest BCUT2D eigenvalue weighted by Gasteiger charge is 2.33. The molecule has 0 bridgehead atoms. The number of aryl methyl sites for hydroxylation is 1. The van der Waals surface area contributed by atoms with E-state index in [2.05, 4.69) is 19.9 Å². The van der Waals surface area contributed by atoms with Crippen LogP contribution < -0.4 is 4.90 Å². The van der Waals surface area contributed by atoms with Crippen LogP contribution in [0.5, 0.6) is 5.88 Å². The number of hydrogen-bond donors (Lipinski definition) is 1. The molecule has 1 atom stereocenters. The summed E-state index contributed by atoms with van der Waals surface area (Å²) in [5, 5.41) is 16.1. The Morgan fingerprint density at radius 1 is 1.12 bits per heavy atom. The van der Waals surface area contributed by atoms with Gasteiger partial charge in [0.05, 0.1) is 10.9 Å². The lowest BCUT2D eigenvalue weighted by molar-refractivity contribution is 0.208. The number of halogens is 2. The first-order valence-corrected chi connectivity index (χ1v) is 11.8. The van der Waals surface area contributed by atoms with Gasteiger partial charge in [0.25, 0.3) is 0 Å². The van der Waals surface area contributed by atoms with Gasteiger partial charge in [-0.05, 0) is 24.3 Å². The number of fused-ring (bicyclic) bond motifs is 1. The fourth-order valence-electron chi connectivity index (χ4n) is 4.23. The average Bonchev–Trinajstić information content (AvgIpc) is 3.35. The molecule has 1 N–H and O–H groups in total. The molecule has 2 aromatic heterocycles. The molecular weight excluding hydrogens is 449 g/mol. The van der Waals surface area contributed by atoms with Crippen LogP contribution in [-0.4, -0.2) is 50.8 Å². The highest BCUT2D eigenvalue weighted by atomic mass is 35.5. The standard InChI is InChI=1S/C23H23ClFN5OS/c1-2-19-26-23-30(27-19)22(31)21(32-23)20(17-8-3-4-9-18(17)25)29-12-10-28(11-13-29)16-7-5-6-15(24)14-16/h3-9,14,20,31H,2,10-13H2,1H3/t20-/m0/s1. The maximum atomic E-state index is 14.9. The molecule has 1 aliphatic rings. The van der Waals surface area contributed by atoms with Crippen molar-refractivity contribution in [3.8, 4) is 5.88 Å². The maximum absolute atomic E-state index is 14.9. The van der Waals surface area contributed by atoms with Crippen LogP contribution in [0, 0.1) is 5.82 Å². The van der Waals surface area contributed by atoms with Crippen molar-refractivity contribution in [3.63, 3.8) is 0 Å². The number of aromatic nitrogens is 3. The predicted molar refractivity (Wildman–Crippen MR) is 125 cm³/mol. The van der Waals surface area contributed by atoms with Crippen LogP contribution >= 0.6 is 22.9 Å². The van der Waals surface area contributed by atoms with Crippen LogP contribution in [0.4, 0.5) is 10.1 Å². The number of rotatable bonds is 5. The Labute approximate surface area is 194 Å². The molecule has 0 radical (unpaired) electrons. The molecular formula is C23H23ClFN5OS. The van der Waals surface area contributed by atoms with Crippen LogP contribution in [0.25, 0.3) is 4.96 Å². The van der Waals surface area contributed by atoms with Crippen molar-refractivity contribution in [1.82, 2.24) is 19.5 Å². The second kappa shape index (κ2) is 8.69. The third kappa shape index (κ3) is 3.83. The summed E-state index contributed by atoms with van der Waals surface area (Å²) in [5.41, 5.74) is 1.62. The van der Waals surface area contributed by atoms with E-state index in [1.807, 2.05) is 37.3 Å². The zero-order chi connectivity index (χ0) is 22.2. The Morgan fingerprint density at radius 2 is 1.91 bits per heavy atom. The Balaban J connectivity index is 1.49. The number of thiazole rings is 1. The van der Waals surface area contributed by atoms with Crippen molar-refractivity contribution in [2.45, 2.75) is 19.4 Å². The molecule has 166 valence electrons. The molecule has 0 saturated carbocycles. The van der Waals surface area contributed by atoms with Crippen LogP contribution in [-0.2, 0) is 6.42 Å². The van der Waals surface area contributed by atoms with E-state index in [0.29, 0.717) is 45.8 Å². The van der Waals surface area contributed by atoms with Gasteiger partial charge >= 0.3 is 0 Å². The smallest absolute Gasteiger partial charge is 0.230 e. The summed E-state index contributed by atoms with van der Waals surface area (Å²) >= 11 is 7.53. The molecule has 1 fully saturated rings. The van der Waals surface area contributed by atoms with E-state index in [-0.39, 0.29) is 11.7 Å². The first kappa shape index (κ1) is 21.2. The summed E-state index contributed by atoms with van der Waals surface area (Å²) in [5.74, 6) is 0.417. The lowest BCUT2D eigenvalue weighted by Gasteiger charge is -2.40. The quantitative estimate of drug-likeness (QED) is 0.454.